The van der Waals surface area contributed by atoms with Gasteiger partial charge >= 0.3 is 0 Å². The van der Waals surface area contributed by atoms with Gasteiger partial charge in [-0.2, -0.15) is 5.10 Å². The highest BCUT2D eigenvalue weighted by atomic mass is 79.9. The van der Waals surface area contributed by atoms with Crippen molar-refractivity contribution in [3.8, 4) is 0 Å². The molecule has 0 saturated heterocycles. The standard InChI is InChI=1S/C15H25BrN4O/c1-18(2)9-10-20-13(12(16)11-17-20)14(21)15(19(3)4)7-5-6-8-15/h11H,5-10H2,1-4H3. The van der Waals surface area contributed by atoms with Crippen LogP contribution >= 0.6 is 15.9 Å². The zero-order valence-corrected chi connectivity index (χ0v) is 15.0. The van der Waals surface area contributed by atoms with Crippen LogP contribution in [0.25, 0.3) is 0 Å². The summed E-state index contributed by atoms with van der Waals surface area (Å²) in [6.07, 6.45) is 5.84. The third kappa shape index (κ3) is 3.22. The highest BCUT2D eigenvalue weighted by Gasteiger charge is 2.45. The molecule has 1 heterocycles. The van der Waals surface area contributed by atoms with E-state index < -0.39 is 0 Å². The molecule has 5 nitrogen and oxygen atoms in total. The molecule has 0 amide bonds. The van der Waals surface area contributed by atoms with Crippen LogP contribution in [0.15, 0.2) is 10.7 Å². The van der Waals surface area contributed by atoms with Gasteiger partial charge in [0.1, 0.15) is 5.69 Å². The molecule has 2 rings (SSSR count). The monoisotopic (exact) mass is 356 g/mol. The van der Waals surface area contributed by atoms with E-state index in [-0.39, 0.29) is 11.3 Å². The number of aromatic nitrogens is 2. The first-order valence-corrected chi connectivity index (χ1v) is 8.26. The van der Waals surface area contributed by atoms with Crippen molar-refractivity contribution in [1.82, 2.24) is 19.6 Å². The number of carbonyl (C=O) groups is 1. The van der Waals surface area contributed by atoms with Gasteiger partial charge < -0.3 is 4.90 Å². The number of Topliss-reactive ketones (excluding diaryl/α,β-unsaturated/α-hetero) is 1. The Morgan fingerprint density at radius 1 is 1.33 bits per heavy atom. The average Bonchev–Trinajstić information content (AvgIpc) is 3.03. The Balaban J connectivity index is 2.32. The highest BCUT2D eigenvalue weighted by Crippen LogP contribution is 2.37. The van der Waals surface area contributed by atoms with Crippen molar-refractivity contribution in [2.24, 2.45) is 0 Å². The zero-order valence-electron chi connectivity index (χ0n) is 13.4. The summed E-state index contributed by atoms with van der Waals surface area (Å²) in [7, 11) is 8.08. The number of halogens is 1. The molecule has 0 atom stereocenters. The van der Waals surface area contributed by atoms with Gasteiger partial charge in [-0.25, -0.2) is 0 Å². The Kier molecular flexibility index (Phi) is 5.22. The molecule has 1 aliphatic rings. The summed E-state index contributed by atoms with van der Waals surface area (Å²) < 4.78 is 2.65. The van der Waals surface area contributed by atoms with Crippen LogP contribution in [0.4, 0.5) is 0 Å². The second-order valence-electron chi connectivity index (χ2n) is 6.33. The van der Waals surface area contributed by atoms with Crippen molar-refractivity contribution < 1.29 is 4.79 Å². The maximum atomic E-state index is 13.2. The van der Waals surface area contributed by atoms with Gasteiger partial charge in [-0.05, 0) is 57.0 Å². The van der Waals surface area contributed by atoms with Crippen LogP contribution in [0.5, 0.6) is 0 Å². The van der Waals surface area contributed by atoms with Gasteiger partial charge in [0.15, 0.2) is 0 Å². The predicted molar refractivity (Wildman–Crippen MR) is 87.7 cm³/mol. The van der Waals surface area contributed by atoms with Crippen molar-refractivity contribution in [2.45, 2.75) is 37.8 Å². The molecule has 0 spiro atoms. The lowest BCUT2D eigenvalue weighted by Crippen LogP contribution is -2.49. The molecule has 0 aliphatic heterocycles. The van der Waals surface area contributed by atoms with E-state index >= 15 is 0 Å². The maximum Gasteiger partial charge on any atom is 0.202 e. The Hall–Kier alpha value is -0.720. The molecule has 21 heavy (non-hydrogen) atoms. The minimum Gasteiger partial charge on any atom is -0.308 e. The van der Waals surface area contributed by atoms with E-state index in [1.807, 2.05) is 32.9 Å². The van der Waals surface area contributed by atoms with Crippen molar-refractivity contribution in [1.29, 1.82) is 0 Å². The number of rotatable bonds is 6. The predicted octanol–water partition coefficient (Wildman–Crippen LogP) is 2.26. The third-order valence-corrected chi connectivity index (χ3v) is 5.06. The molecule has 1 aromatic heterocycles. The van der Waals surface area contributed by atoms with Gasteiger partial charge in [0.25, 0.3) is 0 Å². The molecule has 0 bridgehead atoms. The molecule has 0 unspecified atom stereocenters. The topological polar surface area (TPSA) is 41.4 Å². The maximum absolute atomic E-state index is 13.2. The number of hydrogen-bond acceptors (Lipinski definition) is 4. The van der Waals surface area contributed by atoms with E-state index in [0.29, 0.717) is 5.69 Å². The summed E-state index contributed by atoms with van der Waals surface area (Å²) in [6.45, 7) is 1.59. The molecule has 1 fully saturated rings. The van der Waals surface area contributed by atoms with Crippen molar-refractivity contribution >= 4 is 21.7 Å². The van der Waals surface area contributed by atoms with Gasteiger partial charge in [-0.3, -0.25) is 14.4 Å². The molecule has 1 aromatic rings. The molecule has 118 valence electrons. The average molecular weight is 357 g/mol. The van der Waals surface area contributed by atoms with E-state index in [2.05, 4.69) is 30.8 Å². The molecular weight excluding hydrogens is 332 g/mol. The molecule has 1 aliphatic carbocycles. The van der Waals surface area contributed by atoms with E-state index in [1.54, 1.807) is 6.20 Å². The molecular formula is C15H25BrN4O. The van der Waals surface area contributed by atoms with Crippen LogP contribution in [-0.4, -0.2) is 65.6 Å². The Morgan fingerprint density at radius 2 is 1.95 bits per heavy atom. The quantitative estimate of drug-likeness (QED) is 0.733. The van der Waals surface area contributed by atoms with Gasteiger partial charge in [0.2, 0.25) is 5.78 Å². The fourth-order valence-corrected chi connectivity index (χ4v) is 3.59. The third-order valence-electron chi connectivity index (χ3n) is 4.48. The molecule has 1 saturated carbocycles. The lowest BCUT2D eigenvalue weighted by molar-refractivity contribution is 0.0679. The number of hydrogen-bond donors (Lipinski definition) is 0. The fourth-order valence-electron chi connectivity index (χ4n) is 3.11. The van der Waals surface area contributed by atoms with E-state index in [4.69, 9.17) is 0 Å². The minimum absolute atomic E-state index is 0.202. The second kappa shape index (κ2) is 6.58. The van der Waals surface area contributed by atoms with Crippen LogP contribution in [0.2, 0.25) is 0 Å². The number of carbonyl (C=O) groups excluding carboxylic acids is 1. The first kappa shape index (κ1) is 16.6. The van der Waals surface area contributed by atoms with E-state index in [9.17, 15) is 4.79 Å². The van der Waals surface area contributed by atoms with E-state index in [1.165, 1.54) is 0 Å². The number of ketones is 1. The van der Waals surface area contributed by atoms with Crippen LogP contribution in [0, 0.1) is 0 Å². The molecule has 6 heteroatoms. The molecule has 0 aromatic carbocycles. The number of likely N-dealkylation sites (N-methyl/N-ethyl adjacent to an activating group) is 2. The second-order valence-corrected chi connectivity index (χ2v) is 7.18. The normalized spacial score (nSPS) is 17.9. The van der Waals surface area contributed by atoms with Crippen molar-refractivity contribution in [2.75, 3.05) is 34.7 Å². The Bertz CT molecular complexity index is 504. The molecule has 0 N–H and O–H groups in total. The van der Waals surface area contributed by atoms with Gasteiger partial charge in [0.05, 0.1) is 22.8 Å². The summed E-state index contributed by atoms with van der Waals surface area (Å²) in [5.74, 6) is 0.202. The summed E-state index contributed by atoms with van der Waals surface area (Å²) >= 11 is 3.51. The first-order chi connectivity index (χ1) is 9.88. The molecule has 0 radical (unpaired) electrons. The SMILES string of the molecule is CN(C)CCn1ncc(Br)c1C(=O)C1(N(C)C)CCCC1. The zero-order chi connectivity index (χ0) is 15.6. The fraction of sp³-hybridized carbons (Fsp3) is 0.733. The minimum atomic E-state index is -0.363. The van der Waals surface area contributed by atoms with Gasteiger partial charge in [-0.15, -0.1) is 0 Å². The Labute approximate surface area is 135 Å². The van der Waals surface area contributed by atoms with Crippen LogP contribution < -0.4 is 0 Å². The largest absolute Gasteiger partial charge is 0.308 e. The van der Waals surface area contributed by atoms with Crippen LogP contribution in [-0.2, 0) is 6.54 Å². The van der Waals surface area contributed by atoms with Crippen molar-refractivity contribution in [3.05, 3.63) is 16.4 Å². The van der Waals surface area contributed by atoms with Gasteiger partial charge in [0, 0.05) is 6.54 Å². The smallest absolute Gasteiger partial charge is 0.202 e. The summed E-state index contributed by atoms with van der Waals surface area (Å²) in [6, 6.07) is 0. The highest BCUT2D eigenvalue weighted by molar-refractivity contribution is 9.10. The number of nitrogens with zero attached hydrogens (tertiary/aromatic N) is 4. The summed E-state index contributed by atoms with van der Waals surface area (Å²) in [5, 5.41) is 4.37. The Morgan fingerprint density at radius 3 is 2.48 bits per heavy atom. The van der Waals surface area contributed by atoms with Gasteiger partial charge in [-0.1, -0.05) is 12.8 Å². The first-order valence-electron chi connectivity index (χ1n) is 7.47. The van der Waals surface area contributed by atoms with Crippen molar-refractivity contribution in [3.63, 3.8) is 0 Å². The van der Waals surface area contributed by atoms with Crippen LogP contribution in [0.3, 0.4) is 0 Å². The summed E-state index contributed by atoms with van der Waals surface area (Å²) in [4.78, 5) is 17.4. The lowest BCUT2D eigenvalue weighted by atomic mass is 9.88. The van der Waals surface area contributed by atoms with Crippen LogP contribution in [0.1, 0.15) is 36.2 Å². The van der Waals surface area contributed by atoms with E-state index in [0.717, 1.165) is 43.2 Å². The summed E-state index contributed by atoms with van der Waals surface area (Å²) in [5.41, 5.74) is 0.353. The lowest BCUT2D eigenvalue weighted by Gasteiger charge is -2.34.